The van der Waals surface area contributed by atoms with Gasteiger partial charge in [-0.3, -0.25) is 9.59 Å². The van der Waals surface area contributed by atoms with E-state index in [-0.39, 0.29) is 49.5 Å². The molecule has 0 saturated carbocycles. The van der Waals surface area contributed by atoms with Crippen LogP contribution in [0.1, 0.15) is 55.4 Å². The van der Waals surface area contributed by atoms with Crippen molar-refractivity contribution in [3.63, 3.8) is 0 Å². The summed E-state index contributed by atoms with van der Waals surface area (Å²) in [5.41, 5.74) is 3.60. The number of esters is 1. The third kappa shape index (κ3) is 13.0. The highest BCUT2D eigenvalue weighted by molar-refractivity contribution is 5.89. The Morgan fingerprint density at radius 2 is 1.48 bits per heavy atom. The second kappa shape index (κ2) is 20.9. The first-order valence-corrected chi connectivity index (χ1v) is 18.5. The second-order valence-electron chi connectivity index (χ2n) is 14.2. The quantitative estimate of drug-likeness (QED) is 0.127. The van der Waals surface area contributed by atoms with E-state index in [1.54, 1.807) is 4.90 Å². The number of hydrogen-bond acceptors (Lipinski definition) is 8. The van der Waals surface area contributed by atoms with Crippen LogP contribution in [0.3, 0.4) is 0 Å². The number of nitrogens with zero attached hydrogens (tertiary/aromatic N) is 1. The van der Waals surface area contributed by atoms with Crippen LogP contribution in [0.4, 0.5) is 4.79 Å². The Morgan fingerprint density at radius 1 is 0.852 bits per heavy atom. The number of para-hydroxylation sites is 1. The summed E-state index contributed by atoms with van der Waals surface area (Å²) in [7, 11) is 0. The molecule has 0 radical (unpaired) electrons. The molecular formula is C42H53N3O9. The van der Waals surface area contributed by atoms with E-state index in [1.165, 1.54) is 0 Å². The van der Waals surface area contributed by atoms with E-state index < -0.39 is 49.2 Å². The van der Waals surface area contributed by atoms with E-state index in [0.29, 0.717) is 25.3 Å². The Morgan fingerprint density at radius 3 is 2.07 bits per heavy atom. The number of benzene rings is 3. The first-order valence-electron chi connectivity index (χ1n) is 18.5. The summed E-state index contributed by atoms with van der Waals surface area (Å²) in [6.07, 6.45) is 0.733. The van der Waals surface area contributed by atoms with Crippen LogP contribution < -0.4 is 15.4 Å². The van der Waals surface area contributed by atoms with Gasteiger partial charge in [-0.05, 0) is 73.6 Å². The number of carbonyl (C=O) groups excluding carboxylic acids is 4. The minimum atomic E-state index is -1.24. The molecule has 3 aromatic rings. The third-order valence-corrected chi connectivity index (χ3v) is 9.41. The van der Waals surface area contributed by atoms with Crippen molar-refractivity contribution in [1.82, 2.24) is 15.5 Å². The molecule has 3 aromatic carbocycles. The molecule has 4 atom stereocenters. The summed E-state index contributed by atoms with van der Waals surface area (Å²) in [6.45, 7) is 7.06. The zero-order valence-corrected chi connectivity index (χ0v) is 31.6. The number of Topliss-reactive ketones (excluding diaryl/α,β-unsaturated/α-hetero) is 1. The molecule has 54 heavy (non-hydrogen) atoms. The number of ketones is 1. The summed E-state index contributed by atoms with van der Waals surface area (Å²) >= 11 is 0. The minimum absolute atomic E-state index is 0.0762. The van der Waals surface area contributed by atoms with Gasteiger partial charge in [0.15, 0.2) is 12.4 Å². The summed E-state index contributed by atoms with van der Waals surface area (Å²) in [5.74, 6) is -2.52. The summed E-state index contributed by atoms with van der Waals surface area (Å²) in [6, 6.07) is 23.1. The fraction of sp³-hybridized carbons (Fsp3) is 0.452. The number of aliphatic carboxylic acids is 1. The number of amides is 3. The number of urea groups is 1. The van der Waals surface area contributed by atoms with Crippen LogP contribution >= 0.6 is 0 Å². The van der Waals surface area contributed by atoms with Crippen molar-refractivity contribution in [2.75, 3.05) is 32.9 Å². The Labute approximate surface area is 317 Å². The molecule has 4 rings (SSSR count). The van der Waals surface area contributed by atoms with Crippen molar-refractivity contribution in [3.8, 4) is 5.75 Å². The lowest BCUT2D eigenvalue weighted by molar-refractivity contribution is -0.160. The van der Waals surface area contributed by atoms with Gasteiger partial charge in [-0.25, -0.2) is 14.4 Å². The van der Waals surface area contributed by atoms with Gasteiger partial charge in [0, 0.05) is 19.5 Å². The Bertz CT molecular complexity index is 1680. The van der Waals surface area contributed by atoms with Crippen molar-refractivity contribution >= 4 is 29.7 Å². The van der Waals surface area contributed by atoms with Gasteiger partial charge in [-0.15, -0.1) is 0 Å². The highest BCUT2D eigenvalue weighted by Gasteiger charge is 2.37. The maximum absolute atomic E-state index is 14.3. The highest BCUT2D eigenvalue weighted by atomic mass is 16.6. The predicted octanol–water partition coefficient (Wildman–Crippen LogP) is 5.07. The average Bonchev–Trinajstić information content (AvgIpc) is 3.12. The lowest BCUT2D eigenvalue weighted by Crippen LogP contribution is -2.56. The summed E-state index contributed by atoms with van der Waals surface area (Å²) in [4.78, 5) is 66.8. The van der Waals surface area contributed by atoms with Gasteiger partial charge < -0.3 is 34.9 Å². The van der Waals surface area contributed by atoms with Gasteiger partial charge in [0.2, 0.25) is 0 Å². The molecule has 1 fully saturated rings. The Hall–Kier alpha value is -5.23. The van der Waals surface area contributed by atoms with E-state index in [0.717, 1.165) is 28.7 Å². The van der Waals surface area contributed by atoms with E-state index >= 15 is 0 Å². The number of hydrogen-bond donors (Lipinski definition) is 3. The van der Waals surface area contributed by atoms with Crippen LogP contribution in [-0.4, -0.2) is 90.8 Å². The molecule has 3 N–H and O–H groups in total. The molecule has 0 aliphatic carbocycles. The largest absolute Gasteiger partial charge is 0.483 e. The van der Waals surface area contributed by atoms with Gasteiger partial charge in [0.05, 0.1) is 12.1 Å². The predicted molar refractivity (Wildman–Crippen MR) is 203 cm³/mol. The maximum atomic E-state index is 14.3. The molecule has 0 aromatic heterocycles. The molecule has 1 saturated heterocycles. The lowest BCUT2D eigenvalue weighted by Gasteiger charge is -2.37. The molecule has 12 nitrogen and oxygen atoms in total. The molecule has 12 heteroatoms. The first kappa shape index (κ1) is 41.5. The van der Waals surface area contributed by atoms with Crippen LogP contribution in [0, 0.1) is 25.7 Å². The van der Waals surface area contributed by atoms with E-state index in [1.807, 2.05) is 107 Å². The van der Waals surface area contributed by atoms with Crippen LogP contribution in [0.5, 0.6) is 5.75 Å². The molecule has 0 bridgehead atoms. The number of nitrogens with one attached hydrogen (secondary N) is 2. The fourth-order valence-electron chi connectivity index (χ4n) is 7.01. The molecule has 3 amide bonds. The van der Waals surface area contributed by atoms with Crippen molar-refractivity contribution in [3.05, 3.63) is 101 Å². The monoisotopic (exact) mass is 743 g/mol. The van der Waals surface area contributed by atoms with Gasteiger partial charge >= 0.3 is 18.0 Å². The number of carboxylic acids is 1. The standard InChI is InChI=1S/C42H53N3O9/c1-28(2)40(45-20-12-19-43-42(45)51)35(46)23-33(21-31-15-7-5-8-16-31)24-36(54-39(50)27-52-26-38(48)49)34(22-32-17-9-6-10-18-32)44-37(47)25-53-41-29(3)13-11-14-30(41)4/h5-11,13-18,28,33-34,36,40H,12,19-27H2,1-4H3,(H,43,51)(H,44,47)(H,48,49)/t33?,34?,36-,40-/m0/s1. The molecule has 1 aliphatic heterocycles. The van der Waals surface area contributed by atoms with Crippen LogP contribution in [0.2, 0.25) is 0 Å². The zero-order chi connectivity index (χ0) is 39.0. The maximum Gasteiger partial charge on any atom is 0.332 e. The van der Waals surface area contributed by atoms with E-state index in [4.69, 9.17) is 19.3 Å². The lowest BCUT2D eigenvalue weighted by atomic mass is 9.83. The second-order valence-corrected chi connectivity index (χ2v) is 14.2. The molecule has 1 aliphatic rings. The molecule has 1 heterocycles. The third-order valence-electron chi connectivity index (χ3n) is 9.41. The van der Waals surface area contributed by atoms with E-state index in [9.17, 15) is 24.0 Å². The van der Waals surface area contributed by atoms with Crippen LogP contribution in [-0.2, 0) is 41.5 Å². The van der Waals surface area contributed by atoms with Crippen LogP contribution in [0.25, 0.3) is 0 Å². The SMILES string of the molecule is Cc1cccc(C)c1OCC(=O)NC(Cc1ccccc1)[C@H](CC(CC(=O)[C@H](C(C)C)N1CCCNC1=O)Cc1ccccc1)OC(=O)COCC(=O)O. The van der Waals surface area contributed by atoms with Gasteiger partial charge in [-0.2, -0.15) is 0 Å². The number of aryl methyl sites for hydroxylation is 2. The van der Waals surface area contributed by atoms with Gasteiger partial charge in [-0.1, -0.05) is 92.7 Å². The number of carbonyl (C=O) groups is 5. The number of carboxylic acid groups (broad SMARTS) is 1. The highest BCUT2D eigenvalue weighted by Crippen LogP contribution is 2.27. The Balaban J connectivity index is 1.67. The fourth-order valence-corrected chi connectivity index (χ4v) is 7.01. The van der Waals surface area contributed by atoms with Crippen molar-refractivity contribution < 1.29 is 43.3 Å². The van der Waals surface area contributed by atoms with Gasteiger partial charge in [0.25, 0.3) is 5.91 Å². The normalized spacial score (nSPS) is 15.1. The number of ether oxygens (including phenoxy) is 3. The molecule has 0 spiro atoms. The first-order chi connectivity index (χ1) is 25.9. The summed E-state index contributed by atoms with van der Waals surface area (Å²) in [5, 5.41) is 15.0. The minimum Gasteiger partial charge on any atom is -0.483 e. The molecule has 2 unspecified atom stereocenters. The van der Waals surface area contributed by atoms with Crippen molar-refractivity contribution in [2.24, 2.45) is 11.8 Å². The van der Waals surface area contributed by atoms with Gasteiger partial charge in [0.1, 0.15) is 25.1 Å². The van der Waals surface area contributed by atoms with E-state index in [2.05, 4.69) is 10.6 Å². The van der Waals surface area contributed by atoms with Crippen molar-refractivity contribution in [2.45, 2.75) is 78.0 Å². The smallest absolute Gasteiger partial charge is 0.332 e. The number of rotatable bonds is 21. The Kier molecular flexibility index (Phi) is 16.0. The average molecular weight is 744 g/mol. The molecule has 290 valence electrons. The van der Waals surface area contributed by atoms with Crippen molar-refractivity contribution in [1.29, 1.82) is 0 Å². The van der Waals surface area contributed by atoms with Crippen LogP contribution in [0.15, 0.2) is 78.9 Å². The summed E-state index contributed by atoms with van der Waals surface area (Å²) < 4.78 is 17.1. The topological polar surface area (TPSA) is 161 Å². The zero-order valence-electron chi connectivity index (χ0n) is 31.6. The molecular weight excluding hydrogens is 690 g/mol.